The summed E-state index contributed by atoms with van der Waals surface area (Å²) in [5, 5.41) is 12.2. The van der Waals surface area contributed by atoms with E-state index < -0.39 is 6.10 Å². The Morgan fingerprint density at radius 2 is 1.97 bits per heavy atom. The van der Waals surface area contributed by atoms with Crippen LogP contribution in [-0.4, -0.2) is 71.2 Å². The predicted molar refractivity (Wildman–Crippen MR) is 112 cm³/mol. The van der Waals surface area contributed by atoms with Crippen molar-refractivity contribution in [2.45, 2.75) is 26.0 Å². The number of oxazole rings is 1. The van der Waals surface area contributed by atoms with Crippen LogP contribution in [0, 0.1) is 0 Å². The van der Waals surface area contributed by atoms with E-state index in [1.165, 1.54) is 11.8 Å². The Bertz CT molecular complexity index is 782. The molecule has 0 unspecified atom stereocenters. The van der Waals surface area contributed by atoms with E-state index in [1.807, 2.05) is 25.1 Å². The topological polar surface area (TPSA) is 81.8 Å². The highest BCUT2D eigenvalue weighted by Crippen LogP contribution is 2.10. The van der Waals surface area contributed by atoms with Crippen LogP contribution in [0.2, 0.25) is 0 Å². The maximum absolute atomic E-state index is 12.0. The van der Waals surface area contributed by atoms with Crippen molar-refractivity contribution < 1.29 is 14.3 Å². The van der Waals surface area contributed by atoms with E-state index in [0.29, 0.717) is 18.9 Å². The number of aromatic nitrogens is 1. The third kappa shape index (κ3) is 6.81. The Labute approximate surface area is 172 Å². The lowest BCUT2D eigenvalue weighted by Gasteiger charge is -2.33. The minimum atomic E-state index is -0.538. The lowest BCUT2D eigenvalue weighted by atomic mass is 10.2. The molecule has 0 aliphatic carbocycles. The smallest absolute Gasteiger partial charge is 0.273 e. The van der Waals surface area contributed by atoms with Gasteiger partial charge in [0.1, 0.15) is 6.26 Å². The molecule has 0 saturated carbocycles. The van der Waals surface area contributed by atoms with Gasteiger partial charge in [0, 0.05) is 39.3 Å². The maximum atomic E-state index is 12.0. The number of aliphatic hydroxyl groups excluding tert-OH is 1. The number of carbonyl (C=O) groups excluding carboxylic acids is 1. The highest BCUT2D eigenvalue weighted by molar-refractivity contribution is 5.91. The second-order valence-electron chi connectivity index (χ2n) is 7.29. The van der Waals surface area contributed by atoms with Crippen LogP contribution < -0.4 is 5.32 Å². The van der Waals surface area contributed by atoms with Gasteiger partial charge >= 0.3 is 0 Å². The molecule has 3 rings (SSSR count). The van der Waals surface area contributed by atoms with Crippen LogP contribution in [0.3, 0.4) is 0 Å². The van der Waals surface area contributed by atoms with E-state index in [-0.39, 0.29) is 18.1 Å². The summed E-state index contributed by atoms with van der Waals surface area (Å²) >= 11 is 0. The second-order valence-corrected chi connectivity index (χ2v) is 7.29. The number of aliphatic hydroxyl groups is 1. The molecule has 1 atom stereocenters. The lowest BCUT2D eigenvalue weighted by Crippen LogP contribution is -2.45. The number of piperazine rings is 1. The van der Waals surface area contributed by atoms with E-state index in [9.17, 15) is 9.90 Å². The van der Waals surface area contributed by atoms with Crippen LogP contribution >= 0.6 is 0 Å². The van der Waals surface area contributed by atoms with Crippen LogP contribution in [0.15, 0.2) is 47.1 Å². The Balaban J connectivity index is 1.39. The van der Waals surface area contributed by atoms with Crippen molar-refractivity contribution in [2.75, 3.05) is 39.3 Å². The zero-order valence-corrected chi connectivity index (χ0v) is 17.0. The van der Waals surface area contributed by atoms with Gasteiger partial charge in [-0.15, -0.1) is 0 Å². The first-order valence-corrected chi connectivity index (χ1v) is 10.2. The van der Waals surface area contributed by atoms with E-state index in [2.05, 4.69) is 44.4 Å². The van der Waals surface area contributed by atoms with Crippen molar-refractivity contribution in [3.8, 4) is 0 Å². The van der Waals surface area contributed by atoms with Crippen molar-refractivity contribution >= 4 is 12.0 Å². The molecule has 156 valence electrons. The third-order valence-corrected chi connectivity index (χ3v) is 5.05. The number of amides is 1. The zero-order chi connectivity index (χ0) is 20.5. The van der Waals surface area contributed by atoms with Gasteiger partial charge in [-0.05, 0) is 12.0 Å². The Morgan fingerprint density at radius 3 is 2.69 bits per heavy atom. The summed E-state index contributed by atoms with van der Waals surface area (Å²) in [5.41, 5.74) is 1.48. The average molecular weight is 399 g/mol. The summed E-state index contributed by atoms with van der Waals surface area (Å²) in [5.74, 6) is 0.228. The molecule has 7 heteroatoms. The van der Waals surface area contributed by atoms with Crippen LogP contribution in [-0.2, 0) is 6.54 Å². The first kappa shape index (κ1) is 21.2. The number of hydrogen-bond donors (Lipinski definition) is 2. The Kier molecular flexibility index (Phi) is 7.98. The second kappa shape index (κ2) is 10.9. The van der Waals surface area contributed by atoms with Gasteiger partial charge in [0.2, 0.25) is 5.89 Å². The molecule has 1 aromatic heterocycles. The summed E-state index contributed by atoms with van der Waals surface area (Å²) in [6.45, 7) is 7.47. The quantitative estimate of drug-likeness (QED) is 0.672. The summed E-state index contributed by atoms with van der Waals surface area (Å²) in [6, 6.07) is 10.3. The van der Waals surface area contributed by atoms with E-state index >= 15 is 0 Å². The highest BCUT2D eigenvalue weighted by atomic mass is 16.3. The standard InChI is InChI=1S/C22H30N4O3/c1-2-19(27)15-23-22(28)20-17-29-21(24-20)16-26-13-11-25(12-14-26)10-6-9-18-7-4-3-5-8-18/h3-9,17,19,27H,2,10-16H2,1H3,(H,23,28)/b9-6+/t19-/m1/s1. The monoisotopic (exact) mass is 398 g/mol. The van der Waals surface area contributed by atoms with Crippen molar-refractivity contribution in [1.29, 1.82) is 0 Å². The van der Waals surface area contributed by atoms with E-state index in [1.54, 1.807) is 0 Å². The van der Waals surface area contributed by atoms with Crippen LogP contribution in [0.25, 0.3) is 6.08 Å². The van der Waals surface area contributed by atoms with Crippen molar-refractivity contribution in [1.82, 2.24) is 20.1 Å². The van der Waals surface area contributed by atoms with Crippen LogP contribution in [0.1, 0.15) is 35.3 Å². The van der Waals surface area contributed by atoms with Crippen LogP contribution in [0.5, 0.6) is 0 Å². The molecule has 7 nitrogen and oxygen atoms in total. The molecule has 1 fully saturated rings. The molecular weight excluding hydrogens is 368 g/mol. The minimum Gasteiger partial charge on any atom is -0.447 e. The summed E-state index contributed by atoms with van der Waals surface area (Å²) < 4.78 is 5.46. The fourth-order valence-electron chi connectivity index (χ4n) is 3.16. The molecule has 1 saturated heterocycles. The first-order valence-electron chi connectivity index (χ1n) is 10.2. The van der Waals surface area contributed by atoms with Gasteiger partial charge in [-0.1, -0.05) is 49.4 Å². The molecule has 2 aromatic rings. The fourth-order valence-corrected chi connectivity index (χ4v) is 3.16. The molecule has 0 bridgehead atoms. The van der Waals surface area contributed by atoms with Gasteiger partial charge in [-0.3, -0.25) is 14.6 Å². The predicted octanol–water partition coefficient (Wildman–Crippen LogP) is 2.01. The van der Waals surface area contributed by atoms with E-state index in [0.717, 1.165) is 32.7 Å². The average Bonchev–Trinajstić information content (AvgIpc) is 3.22. The molecule has 29 heavy (non-hydrogen) atoms. The van der Waals surface area contributed by atoms with Crippen molar-refractivity contribution in [3.05, 3.63) is 59.8 Å². The molecule has 1 aliphatic rings. The normalized spacial score (nSPS) is 16.9. The highest BCUT2D eigenvalue weighted by Gasteiger charge is 2.19. The van der Waals surface area contributed by atoms with Crippen molar-refractivity contribution in [2.24, 2.45) is 0 Å². The van der Waals surface area contributed by atoms with Gasteiger partial charge in [0.25, 0.3) is 5.91 Å². The van der Waals surface area contributed by atoms with Gasteiger partial charge in [0.15, 0.2) is 5.69 Å². The summed E-state index contributed by atoms with van der Waals surface area (Å²) in [6.07, 6.45) is 5.81. The molecule has 0 spiro atoms. The number of rotatable bonds is 9. The number of carbonyl (C=O) groups is 1. The Morgan fingerprint density at radius 1 is 1.24 bits per heavy atom. The number of benzene rings is 1. The lowest BCUT2D eigenvalue weighted by molar-refractivity contribution is 0.0908. The van der Waals surface area contributed by atoms with Gasteiger partial charge in [0.05, 0.1) is 12.6 Å². The number of nitrogens with one attached hydrogen (secondary N) is 1. The third-order valence-electron chi connectivity index (χ3n) is 5.05. The SMILES string of the molecule is CC[C@@H](O)CNC(=O)c1coc(CN2CCN(C/C=C/c3ccccc3)CC2)n1. The zero-order valence-electron chi connectivity index (χ0n) is 17.0. The first-order chi connectivity index (χ1) is 14.1. The molecular formula is C22H30N4O3. The summed E-state index contributed by atoms with van der Waals surface area (Å²) in [7, 11) is 0. The molecule has 2 heterocycles. The molecule has 1 amide bonds. The van der Waals surface area contributed by atoms with Gasteiger partial charge in [-0.2, -0.15) is 0 Å². The molecule has 1 aliphatic heterocycles. The number of nitrogens with zero attached hydrogens (tertiary/aromatic N) is 3. The molecule has 0 radical (unpaired) electrons. The Hall–Kier alpha value is -2.48. The van der Waals surface area contributed by atoms with E-state index in [4.69, 9.17) is 4.42 Å². The van der Waals surface area contributed by atoms with Crippen molar-refractivity contribution in [3.63, 3.8) is 0 Å². The fraction of sp³-hybridized carbons (Fsp3) is 0.455. The summed E-state index contributed by atoms with van der Waals surface area (Å²) in [4.78, 5) is 21.0. The van der Waals surface area contributed by atoms with Gasteiger partial charge in [-0.25, -0.2) is 4.98 Å². The molecule has 2 N–H and O–H groups in total. The molecule has 1 aromatic carbocycles. The minimum absolute atomic E-state index is 0.220. The number of hydrogen-bond acceptors (Lipinski definition) is 6. The van der Waals surface area contributed by atoms with Crippen LogP contribution in [0.4, 0.5) is 0 Å². The maximum Gasteiger partial charge on any atom is 0.273 e. The van der Waals surface area contributed by atoms with Gasteiger partial charge < -0.3 is 14.8 Å². The largest absolute Gasteiger partial charge is 0.447 e.